The Balaban J connectivity index is 2.00. The molecule has 100 valence electrons. The summed E-state index contributed by atoms with van der Waals surface area (Å²) >= 11 is 0. The smallest absolute Gasteiger partial charge is 0.334 e. The molecule has 0 aromatic rings. The summed E-state index contributed by atoms with van der Waals surface area (Å²) in [7, 11) is 0. The number of hydrogen-bond donors (Lipinski definition) is 1. The van der Waals surface area contributed by atoms with Crippen LogP contribution >= 0.6 is 0 Å². The van der Waals surface area contributed by atoms with Gasteiger partial charge in [-0.1, -0.05) is 13.5 Å². The van der Waals surface area contributed by atoms with Gasteiger partial charge in [-0.05, 0) is 50.4 Å². The first-order valence-corrected chi connectivity index (χ1v) is 7.04. The molecular formula is C15H22O3. The van der Waals surface area contributed by atoms with Crippen molar-refractivity contribution in [1.29, 1.82) is 0 Å². The van der Waals surface area contributed by atoms with Crippen LogP contribution in [0, 0.1) is 23.7 Å². The van der Waals surface area contributed by atoms with Gasteiger partial charge in [0.1, 0.15) is 6.10 Å². The molecule has 0 spiro atoms. The van der Waals surface area contributed by atoms with Gasteiger partial charge in [0.2, 0.25) is 0 Å². The van der Waals surface area contributed by atoms with Crippen molar-refractivity contribution < 1.29 is 14.6 Å². The number of aliphatic hydroxyl groups is 1. The zero-order chi connectivity index (χ0) is 13.1. The lowest BCUT2D eigenvalue weighted by Crippen LogP contribution is -2.60. The van der Waals surface area contributed by atoms with Crippen molar-refractivity contribution in [2.75, 3.05) is 0 Å². The predicted molar refractivity (Wildman–Crippen MR) is 67.7 cm³/mol. The molecule has 1 aliphatic heterocycles. The third-order valence-corrected chi connectivity index (χ3v) is 5.51. The summed E-state index contributed by atoms with van der Waals surface area (Å²) < 4.78 is 5.51. The first kappa shape index (κ1) is 12.2. The highest BCUT2D eigenvalue weighted by atomic mass is 16.6. The number of ether oxygens (including phenoxy) is 1. The Labute approximate surface area is 108 Å². The third-order valence-electron chi connectivity index (χ3n) is 5.51. The number of rotatable bonds is 0. The molecule has 2 saturated carbocycles. The second-order valence-corrected chi connectivity index (χ2v) is 6.65. The second kappa shape index (κ2) is 3.83. The van der Waals surface area contributed by atoms with Gasteiger partial charge in [0.15, 0.2) is 0 Å². The van der Waals surface area contributed by atoms with Gasteiger partial charge in [-0.15, -0.1) is 0 Å². The van der Waals surface area contributed by atoms with Gasteiger partial charge in [0, 0.05) is 11.5 Å². The van der Waals surface area contributed by atoms with Crippen LogP contribution in [0.2, 0.25) is 0 Å². The molecule has 0 aromatic carbocycles. The van der Waals surface area contributed by atoms with E-state index in [-0.39, 0.29) is 23.9 Å². The van der Waals surface area contributed by atoms with E-state index in [2.05, 4.69) is 13.5 Å². The minimum atomic E-state index is -0.868. The Morgan fingerprint density at radius 2 is 2.11 bits per heavy atom. The summed E-state index contributed by atoms with van der Waals surface area (Å²) in [5.41, 5.74) is -0.238. The van der Waals surface area contributed by atoms with E-state index in [1.165, 1.54) is 0 Å². The molecule has 3 nitrogen and oxygen atoms in total. The monoisotopic (exact) mass is 250 g/mol. The number of hydrogen-bond acceptors (Lipinski definition) is 3. The van der Waals surface area contributed by atoms with Crippen LogP contribution in [0.5, 0.6) is 0 Å². The van der Waals surface area contributed by atoms with Crippen LogP contribution in [-0.2, 0) is 9.53 Å². The average Bonchev–Trinajstić information content (AvgIpc) is 2.31. The van der Waals surface area contributed by atoms with Crippen molar-refractivity contribution in [3.05, 3.63) is 12.2 Å². The normalized spacial score (nSPS) is 51.6. The summed E-state index contributed by atoms with van der Waals surface area (Å²) in [6.45, 7) is 8.02. The van der Waals surface area contributed by atoms with Crippen LogP contribution in [-0.4, -0.2) is 22.8 Å². The number of carbonyl (C=O) groups is 1. The lowest BCUT2D eigenvalue weighted by atomic mass is 9.55. The van der Waals surface area contributed by atoms with Gasteiger partial charge in [0.25, 0.3) is 0 Å². The Kier molecular flexibility index (Phi) is 2.60. The van der Waals surface area contributed by atoms with E-state index in [4.69, 9.17) is 4.74 Å². The number of carbonyl (C=O) groups excluding carboxylic acids is 1. The summed E-state index contributed by atoms with van der Waals surface area (Å²) in [6, 6.07) is 0. The summed E-state index contributed by atoms with van der Waals surface area (Å²) in [6.07, 6.45) is 3.62. The van der Waals surface area contributed by atoms with Gasteiger partial charge < -0.3 is 9.84 Å². The average molecular weight is 250 g/mol. The van der Waals surface area contributed by atoms with E-state index < -0.39 is 5.60 Å². The van der Waals surface area contributed by atoms with E-state index in [1.807, 2.05) is 6.92 Å². The zero-order valence-electron chi connectivity index (χ0n) is 11.2. The molecule has 0 radical (unpaired) electrons. The molecular weight excluding hydrogens is 228 g/mol. The molecule has 3 fully saturated rings. The molecule has 2 aliphatic carbocycles. The molecule has 0 bridgehead atoms. The molecule has 18 heavy (non-hydrogen) atoms. The fourth-order valence-electron chi connectivity index (χ4n) is 4.41. The van der Waals surface area contributed by atoms with Crippen LogP contribution in [0.4, 0.5) is 0 Å². The van der Waals surface area contributed by atoms with Crippen molar-refractivity contribution in [1.82, 2.24) is 0 Å². The van der Waals surface area contributed by atoms with Gasteiger partial charge in [-0.2, -0.15) is 0 Å². The fraction of sp³-hybridized carbons (Fsp3) is 0.800. The molecule has 1 saturated heterocycles. The Bertz CT molecular complexity index is 399. The van der Waals surface area contributed by atoms with E-state index in [9.17, 15) is 9.90 Å². The molecule has 1 N–H and O–H groups in total. The number of esters is 1. The van der Waals surface area contributed by atoms with Crippen LogP contribution in [0.15, 0.2) is 12.2 Å². The van der Waals surface area contributed by atoms with Crippen molar-refractivity contribution in [3.8, 4) is 0 Å². The van der Waals surface area contributed by atoms with Gasteiger partial charge >= 0.3 is 5.97 Å². The van der Waals surface area contributed by atoms with Crippen LogP contribution < -0.4 is 0 Å². The molecule has 0 amide bonds. The van der Waals surface area contributed by atoms with E-state index in [1.54, 1.807) is 0 Å². The minimum Gasteiger partial charge on any atom is -0.456 e. The molecule has 0 unspecified atom stereocenters. The standard InChI is InChI=1S/C15H22O3/c1-8-4-5-11-9(2)14(16)18-13-12(11)10(8)6-7-15(13,3)17/h8,10-13,17H,2,4-7H2,1,3H3/t8-,10+,11+,12+,13+,15-/m1/s1. The van der Waals surface area contributed by atoms with Gasteiger partial charge in [0.05, 0.1) is 5.60 Å². The molecule has 3 heteroatoms. The van der Waals surface area contributed by atoms with Gasteiger partial charge in [-0.3, -0.25) is 0 Å². The van der Waals surface area contributed by atoms with Crippen LogP contribution in [0.1, 0.15) is 39.5 Å². The maximum absolute atomic E-state index is 11.9. The molecule has 3 rings (SSSR count). The van der Waals surface area contributed by atoms with Crippen molar-refractivity contribution >= 4 is 5.97 Å². The summed E-state index contributed by atoms with van der Waals surface area (Å²) in [5.74, 6) is 1.44. The predicted octanol–water partition coefficient (Wildman–Crippen LogP) is 2.29. The quantitative estimate of drug-likeness (QED) is 0.530. The Morgan fingerprint density at radius 3 is 2.83 bits per heavy atom. The lowest BCUT2D eigenvalue weighted by molar-refractivity contribution is -0.204. The maximum Gasteiger partial charge on any atom is 0.334 e. The van der Waals surface area contributed by atoms with Crippen molar-refractivity contribution in [3.63, 3.8) is 0 Å². The zero-order valence-corrected chi connectivity index (χ0v) is 11.2. The van der Waals surface area contributed by atoms with E-state index in [0.717, 1.165) is 25.7 Å². The minimum absolute atomic E-state index is 0.226. The lowest BCUT2D eigenvalue weighted by Gasteiger charge is -2.55. The van der Waals surface area contributed by atoms with Gasteiger partial charge in [-0.25, -0.2) is 4.79 Å². The summed E-state index contributed by atoms with van der Waals surface area (Å²) in [4.78, 5) is 11.9. The van der Waals surface area contributed by atoms with Crippen LogP contribution in [0.25, 0.3) is 0 Å². The van der Waals surface area contributed by atoms with Crippen LogP contribution in [0.3, 0.4) is 0 Å². The fourth-order valence-corrected chi connectivity index (χ4v) is 4.41. The highest BCUT2D eigenvalue weighted by Crippen LogP contribution is 2.54. The SMILES string of the molecule is C=C1C(=O)O[C@H]2[C@H]3[C@@H](CC[C@@]2(C)O)[C@H](C)CC[C@@H]13. The maximum atomic E-state index is 11.9. The largest absolute Gasteiger partial charge is 0.456 e. The third kappa shape index (κ3) is 1.56. The highest BCUT2D eigenvalue weighted by Gasteiger charge is 2.57. The molecule has 6 atom stereocenters. The Morgan fingerprint density at radius 1 is 1.39 bits per heavy atom. The van der Waals surface area contributed by atoms with Crippen molar-refractivity contribution in [2.45, 2.75) is 51.2 Å². The second-order valence-electron chi connectivity index (χ2n) is 6.65. The topological polar surface area (TPSA) is 46.5 Å². The van der Waals surface area contributed by atoms with E-state index >= 15 is 0 Å². The highest BCUT2D eigenvalue weighted by molar-refractivity contribution is 5.89. The van der Waals surface area contributed by atoms with Crippen molar-refractivity contribution in [2.24, 2.45) is 23.7 Å². The summed E-state index contributed by atoms with van der Waals surface area (Å²) in [5, 5.41) is 10.5. The van der Waals surface area contributed by atoms with E-state index in [0.29, 0.717) is 17.4 Å². The first-order valence-electron chi connectivity index (χ1n) is 7.04. The molecule has 1 heterocycles. The molecule has 3 aliphatic rings. The first-order chi connectivity index (χ1) is 8.42. The molecule has 0 aromatic heterocycles. The Hall–Kier alpha value is -0.830.